The van der Waals surface area contributed by atoms with Crippen LogP contribution < -0.4 is 5.32 Å². The standard InChI is InChI=1S/C16H23Cl3NO6P/c1-10(2)25-27(23,26-11(3)4)13(12-8-6-5-7-9-12)24-15(22)20-14(21)16(17,18)19/h5-11,13-14,21H,1-4H3,(H,20,22)/t13-,14-/m1/s1. The van der Waals surface area contributed by atoms with Gasteiger partial charge in [0.15, 0.2) is 6.23 Å². The van der Waals surface area contributed by atoms with Crippen LogP contribution in [-0.4, -0.2) is 33.4 Å². The van der Waals surface area contributed by atoms with Crippen molar-refractivity contribution >= 4 is 48.5 Å². The Morgan fingerprint density at radius 2 is 1.56 bits per heavy atom. The van der Waals surface area contributed by atoms with Crippen LogP contribution in [0.2, 0.25) is 0 Å². The van der Waals surface area contributed by atoms with E-state index in [1.54, 1.807) is 58.0 Å². The number of benzene rings is 1. The van der Waals surface area contributed by atoms with Gasteiger partial charge in [-0.1, -0.05) is 65.1 Å². The summed E-state index contributed by atoms with van der Waals surface area (Å²) in [5, 5.41) is 11.7. The fourth-order valence-corrected chi connectivity index (χ4v) is 4.36. The molecule has 0 saturated carbocycles. The fourth-order valence-electron chi connectivity index (χ4n) is 1.98. The van der Waals surface area contributed by atoms with Gasteiger partial charge in [0, 0.05) is 5.56 Å². The van der Waals surface area contributed by atoms with E-state index < -0.39 is 41.8 Å². The number of alkyl carbamates (subject to hydrolysis) is 1. The second-order valence-electron chi connectivity index (χ2n) is 6.11. The smallest absolute Gasteiger partial charge is 0.410 e. The van der Waals surface area contributed by atoms with Crippen LogP contribution in [0.25, 0.3) is 0 Å². The lowest BCUT2D eigenvalue weighted by atomic mass is 10.2. The zero-order valence-electron chi connectivity index (χ0n) is 15.3. The molecule has 0 radical (unpaired) electrons. The zero-order chi connectivity index (χ0) is 20.8. The van der Waals surface area contributed by atoms with E-state index in [9.17, 15) is 14.5 Å². The van der Waals surface area contributed by atoms with Crippen LogP contribution >= 0.6 is 42.4 Å². The molecule has 1 rings (SSSR count). The number of carbonyl (C=O) groups is 1. The minimum Gasteiger partial charge on any atom is -0.428 e. The lowest BCUT2D eigenvalue weighted by Gasteiger charge is -2.30. The van der Waals surface area contributed by atoms with Gasteiger partial charge >= 0.3 is 13.7 Å². The van der Waals surface area contributed by atoms with Crippen LogP contribution in [-0.2, 0) is 18.3 Å². The van der Waals surface area contributed by atoms with E-state index in [-0.39, 0.29) is 0 Å². The lowest BCUT2D eigenvalue weighted by Crippen LogP contribution is -2.44. The Kier molecular flexibility index (Phi) is 9.35. The average molecular weight is 463 g/mol. The maximum atomic E-state index is 13.5. The molecule has 11 heteroatoms. The predicted octanol–water partition coefficient (Wildman–Crippen LogP) is 5.14. The van der Waals surface area contributed by atoms with Crippen molar-refractivity contribution in [1.29, 1.82) is 0 Å². The molecule has 0 spiro atoms. The molecule has 0 saturated heterocycles. The Bertz CT molecular complexity index is 639. The van der Waals surface area contributed by atoms with Crippen LogP contribution in [0, 0.1) is 0 Å². The van der Waals surface area contributed by atoms with Crippen LogP contribution in [0.15, 0.2) is 30.3 Å². The number of carbonyl (C=O) groups excluding carboxylic acids is 1. The highest BCUT2D eigenvalue weighted by Gasteiger charge is 2.43. The quantitative estimate of drug-likeness (QED) is 0.315. The number of nitrogens with one attached hydrogen (secondary N) is 1. The molecule has 1 aromatic rings. The maximum Gasteiger partial charge on any atom is 0.410 e. The first kappa shape index (κ1) is 24.5. The molecular formula is C16H23Cl3NO6P. The zero-order valence-corrected chi connectivity index (χ0v) is 18.4. The van der Waals surface area contributed by atoms with Crippen LogP contribution in [0.5, 0.6) is 0 Å². The SMILES string of the molecule is CC(C)OP(=O)(OC(C)C)[C@@H](OC(=O)N[C@H](O)C(Cl)(Cl)Cl)c1ccccc1. The summed E-state index contributed by atoms with van der Waals surface area (Å²) >= 11 is 16.5. The van der Waals surface area contributed by atoms with Crippen LogP contribution in [0.1, 0.15) is 39.1 Å². The molecule has 27 heavy (non-hydrogen) atoms. The van der Waals surface area contributed by atoms with Crippen molar-refractivity contribution in [1.82, 2.24) is 5.32 Å². The van der Waals surface area contributed by atoms with E-state index in [4.69, 9.17) is 48.6 Å². The van der Waals surface area contributed by atoms with E-state index >= 15 is 0 Å². The van der Waals surface area contributed by atoms with Gasteiger partial charge in [0.05, 0.1) is 12.2 Å². The molecule has 0 fully saturated rings. The molecule has 0 aliphatic carbocycles. The number of halogens is 3. The number of alkyl halides is 3. The van der Waals surface area contributed by atoms with E-state index in [2.05, 4.69) is 0 Å². The molecule has 0 bridgehead atoms. The Balaban J connectivity index is 3.19. The van der Waals surface area contributed by atoms with Crippen molar-refractivity contribution in [2.45, 2.75) is 55.8 Å². The van der Waals surface area contributed by atoms with E-state index in [0.717, 1.165) is 0 Å². The van der Waals surface area contributed by atoms with Gasteiger partial charge in [-0.2, -0.15) is 0 Å². The highest BCUT2D eigenvalue weighted by molar-refractivity contribution is 7.54. The summed E-state index contributed by atoms with van der Waals surface area (Å²) in [6.07, 6.45) is -3.95. The van der Waals surface area contributed by atoms with Gasteiger partial charge in [0.25, 0.3) is 0 Å². The number of aliphatic hydroxyl groups excluding tert-OH is 1. The normalized spacial score (nSPS) is 14.9. The van der Waals surface area contributed by atoms with Gasteiger partial charge < -0.3 is 18.9 Å². The number of ether oxygens (including phenoxy) is 1. The average Bonchev–Trinajstić information content (AvgIpc) is 2.50. The van der Waals surface area contributed by atoms with Crippen LogP contribution in [0.4, 0.5) is 4.79 Å². The molecule has 0 aromatic heterocycles. The molecule has 1 amide bonds. The van der Waals surface area contributed by atoms with Crippen molar-refractivity contribution in [3.05, 3.63) is 35.9 Å². The number of amides is 1. The van der Waals surface area contributed by atoms with E-state index in [1.807, 2.05) is 5.32 Å². The third-order valence-electron chi connectivity index (χ3n) is 2.87. The minimum atomic E-state index is -3.97. The Labute approximate surface area is 173 Å². The number of rotatable bonds is 8. The third kappa shape index (κ3) is 8.16. The Hall–Kier alpha value is -0.530. The van der Waals surface area contributed by atoms with Gasteiger partial charge in [-0.25, -0.2) is 4.79 Å². The minimum absolute atomic E-state index is 0.376. The molecule has 0 aliphatic rings. The van der Waals surface area contributed by atoms with Crippen molar-refractivity contribution in [3.8, 4) is 0 Å². The summed E-state index contributed by atoms with van der Waals surface area (Å²) in [7, 11) is -3.97. The summed E-state index contributed by atoms with van der Waals surface area (Å²) in [5.41, 5.74) is 0.376. The van der Waals surface area contributed by atoms with Crippen molar-refractivity contribution in [2.75, 3.05) is 0 Å². The lowest BCUT2D eigenvalue weighted by molar-refractivity contribution is 0.0640. The highest BCUT2D eigenvalue weighted by atomic mass is 35.6. The Morgan fingerprint density at radius 1 is 1.07 bits per heavy atom. The Morgan fingerprint density at radius 3 is 1.96 bits per heavy atom. The first-order valence-corrected chi connectivity index (χ1v) is 10.8. The summed E-state index contributed by atoms with van der Waals surface area (Å²) in [5.74, 6) is -1.40. The molecule has 7 nitrogen and oxygen atoms in total. The second kappa shape index (κ2) is 10.3. The first-order valence-electron chi connectivity index (χ1n) is 8.08. The summed E-state index contributed by atoms with van der Waals surface area (Å²) in [6.45, 7) is 6.69. The van der Waals surface area contributed by atoms with E-state index in [1.165, 1.54) is 0 Å². The topological polar surface area (TPSA) is 94.1 Å². The number of hydrogen-bond donors (Lipinski definition) is 2. The first-order chi connectivity index (χ1) is 12.3. The van der Waals surface area contributed by atoms with Crippen molar-refractivity contribution in [3.63, 3.8) is 0 Å². The molecule has 2 N–H and O–H groups in total. The van der Waals surface area contributed by atoms with E-state index in [0.29, 0.717) is 5.56 Å². The highest BCUT2D eigenvalue weighted by Crippen LogP contribution is 2.63. The van der Waals surface area contributed by atoms with Gasteiger partial charge in [0.2, 0.25) is 9.64 Å². The molecular weight excluding hydrogens is 440 g/mol. The monoisotopic (exact) mass is 461 g/mol. The molecule has 0 unspecified atom stereocenters. The number of aliphatic hydroxyl groups is 1. The van der Waals surface area contributed by atoms with Gasteiger partial charge in [-0.15, -0.1) is 0 Å². The fraction of sp³-hybridized carbons (Fsp3) is 0.562. The third-order valence-corrected chi connectivity index (χ3v) is 5.90. The van der Waals surface area contributed by atoms with Crippen molar-refractivity contribution in [2.24, 2.45) is 0 Å². The molecule has 0 heterocycles. The predicted molar refractivity (Wildman–Crippen MR) is 105 cm³/mol. The summed E-state index contributed by atoms with van der Waals surface area (Å²) < 4.78 is 27.6. The molecule has 2 atom stereocenters. The van der Waals surface area contributed by atoms with Crippen LogP contribution in [0.3, 0.4) is 0 Å². The second-order valence-corrected chi connectivity index (χ2v) is 10.4. The van der Waals surface area contributed by atoms with Crippen molar-refractivity contribution < 1.29 is 28.3 Å². The molecule has 154 valence electrons. The summed E-state index contributed by atoms with van der Waals surface area (Å²) in [6, 6.07) is 8.29. The molecule has 1 aromatic carbocycles. The largest absolute Gasteiger partial charge is 0.428 e. The van der Waals surface area contributed by atoms with Gasteiger partial charge in [0.1, 0.15) is 0 Å². The van der Waals surface area contributed by atoms with Gasteiger partial charge in [-0.3, -0.25) is 9.88 Å². The maximum absolute atomic E-state index is 13.5. The van der Waals surface area contributed by atoms with Gasteiger partial charge in [-0.05, 0) is 27.7 Å². The molecule has 0 aliphatic heterocycles. The number of hydrogen-bond acceptors (Lipinski definition) is 6. The summed E-state index contributed by atoms with van der Waals surface area (Å²) in [4.78, 5) is 12.2.